The first-order valence-electron chi connectivity index (χ1n) is 11.0. The van der Waals surface area contributed by atoms with Crippen molar-refractivity contribution < 1.29 is 44.8 Å². The zero-order valence-electron chi connectivity index (χ0n) is 19.2. The molecule has 2 N–H and O–H groups in total. The molecule has 1 saturated heterocycles. The summed E-state index contributed by atoms with van der Waals surface area (Å²) in [7, 11) is -2.86. The van der Waals surface area contributed by atoms with Crippen LogP contribution in [-0.2, 0) is 23.7 Å². The monoisotopic (exact) mass is 566 g/mol. The third-order valence-electron chi connectivity index (χ3n) is 5.90. The average Bonchev–Trinajstić information content (AvgIpc) is 3.34. The van der Waals surface area contributed by atoms with E-state index in [0.29, 0.717) is 0 Å². The molecule has 4 rings (SSSR count). The van der Waals surface area contributed by atoms with Gasteiger partial charge in [-0.1, -0.05) is 23.4 Å². The van der Waals surface area contributed by atoms with Gasteiger partial charge in [0.25, 0.3) is 5.56 Å². The molecule has 2 aromatic heterocycles. The maximum atomic E-state index is 13.4. The number of alkyl halides is 6. The van der Waals surface area contributed by atoms with Gasteiger partial charge in [-0.15, -0.1) is 0 Å². The summed E-state index contributed by atoms with van der Waals surface area (Å²) in [6.45, 7) is -0.473. The molecule has 0 spiro atoms. The van der Waals surface area contributed by atoms with Crippen molar-refractivity contribution in [2.45, 2.75) is 24.8 Å². The predicted molar refractivity (Wildman–Crippen MR) is 122 cm³/mol. The maximum absolute atomic E-state index is 13.4. The number of halogens is 6. The second-order valence-electron chi connectivity index (χ2n) is 8.54. The molecule has 3 heterocycles. The van der Waals surface area contributed by atoms with Crippen molar-refractivity contribution in [2.24, 2.45) is 0 Å². The molecular weight excluding hydrogens is 546 g/mol. The molecule has 0 saturated carbocycles. The Labute approximate surface area is 212 Å². The Kier molecular flexibility index (Phi) is 7.33. The van der Waals surface area contributed by atoms with E-state index in [1.165, 1.54) is 17.0 Å². The number of hydrogen-bond donors (Lipinski definition) is 2. The van der Waals surface area contributed by atoms with Crippen molar-refractivity contribution in [1.29, 1.82) is 0 Å². The molecule has 1 aliphatic rings. The second kappa shape index (κ2) is 10.1. The Balaban J connectivity index is 1.66. The number of carbonyl (C=O) groups excluding carboxylic acids is 1. The van der Waals surface area contributed by atoms with Gasteiger partial charge in [0.1, 0.15) is 0 Å². The Hall–Kier alpha value is -3.37. The van der Waals surface area contributed by atoms with Gasteiger partial charge in [0.05, 0.1) is 23.0 Å². The average molecular weight is 566 g/mol. The van der Waals surface area contributed by atoms with E-state index in [2.05, 4.69) is 14.7 Å². The zero-order chi connectivity index (χ0) is 27.9. The van der Waals surface area contributed by atoms with Crippen LogP contribution in [0.2, 0.25) is 0 Å². The Morgan fingerprint density at radius 1 is 1.05 bits per heavy atom. The first-order valence-corrected chi connectivity index (χ1v) is 12.8. The van der Waals surface area contributed by atoms with E-state index in [9.17, 15) is 45.0 Å². The normalized spacial score (nSPS) is 17.7. The minimum Gasteiger partial charge on any atom is -0.339 e. The standard InChI is InChI=1S/C22H20F6N4O5S/c23-21(24,25)15-3-1-2-13(10-15)16(19(34)31-6-8-38(35,36)9-7-31)12-32-5-4-14(11-17(32)33)18-29-20(37-30-18)22(26,27)28/h1-5,10-11,16,35-36H,6-9,12H2. The largest absolute Gasteiger partial charge is 0.471 e. The number of amides is 1. The van der Waals surface area contributed by atoms with Crippen LogP contribution in [0.1, 0.15) is 22.9 Å². The lowest BCUT2D eigenvalue weighted by Crippen LogP contribution is -2.45. The summed E-state index contributed by atoms with van der Waals surface area (Å²) in [6, 6.07) is 6.20. The van der Waals surface area contributed by atoms with E-state index < -0.39 is 64.2 Å². The van der Waals surface area contributed by atoms with Gasteiger partial charge < -0.3 is 14.0 Å². The number of nitrogens with zero attached hydrogens (tertiary/aromatic N) is 4. The second-order valence-corrected chi connectivity index (χ2v) is 11.0. The third kappa shape index (κ3) is 6.19. The Morgan fingerprint density at radius 3 is 2.32 bits per heavy atom. The Bertz CT molecular complexity index is 1380. The number of aromatic nitrogens is 3. The van der Waals surface area contributed by atoms with Gasteiger partial charge >= 0.3 is 18.2 Å². The molecular formula is C22H20F6N4O5S. The van der Waals surface area contributed by atoms with Crippen LogP contribution in [0.25, 0.3) is 11.4 Å². The van der Waals surface area contributed by atoms with Gasteiger partial charge in [-0.3, -0.25) is 18.7 Å². The fraction of sp³-hybridized carbons (Fsp3) is 0.364. The van der Waals surface area contributed by atoms with Crippen LogP contribution < -0.4 is 5.56 Å². The SMILES string of the molecule is O=C(C(Cn1ccc(-c2noc(C(F)(F)F)n2)cc1=O)c1cccc(C(F)(F)F)c1)N1CCS(O)(O)CC1. The molecule has 3 aromatic rings. The van der Waals surface area contributed by atoms with Gasteiger partial charge in [0.15, 0.2) is 0 Å². The number of pyridine rings is 1. The van der Waals surface area contributed by atoms with Crippen LogP contribution in [0, 0.1) is 0 Å². The van der Waals surface area contributed by atoms with E-state index >= 15 is 0 Å². The summed E-state index contributed by atoms with van der Waals surface area (Å²) in [5, 5.41) is 3.21. The molecule has 1 fully saturated rings. The van der Waals surface area contributed by atoms with E-state index in [-0.39, 0.29) is 35.7 Å². The van der Waals surface area contributed by atoms with Crippen LogP contribution in [0.4, 0.5) is 26.3 Å². The van der Waals surface area contributed by atoms with Crippen LogP contribution >= 0.6 is 10.6 Å². The smallest absolute Gasteiger partial charge is 0.339 e. The highest BCUT2D eigenvalue weighted by Gasteiger charge is 2.39. The van der Waals surface area contributed by atoms with Crippen LogP contribution in [0.5, 0.6) is 0 Å². The molecule has 1 aliphatic heterocycles. The first kappa shape index (κ1) is 27.7. The number of benzene rings is 1. The predicted octanol–water partition coefficient (Wildman–Crippen LogP) is 4.31. The van der Waals surface area contributed by atoms with Gasteiger partial charge in [-0.2, -0.15) is 41.9 Å². The van der Waals surface area contributed by atoms with Crippen molar-refractivity contribution >= 4 is 16.5 Å². The molecule has 1 amide bonds. The maximum Gasteiger partial charge on any atom is 0.471 e. The zero-order valence-corrected chi connectivity index (χ0v) is 20.1. The molecule has 1 unspecified atom stereocenters. The van der Waals surface area contributed by atoms with Gasteiger partial charge in [-0.05, 0) is 17.7 Å². The van der Waals surface area contributed by atoms with E-state index in [1.54, 1.807) is 0 Å². The molecule has 0 aliphatic carbocycles. The molecule has 38 heavy (non-hydrogen) atoms. The molecule has 9 nitrogen and oxygen atoms in total. The summed E-state index contributed by atoms with van der Waals surface area (Å²) in [5.74, 6) is -4.17. The number of rotatable bonds is 5. The Morgan fingerprint density at radius 2 is 1.74 bits per heavy atom. The van der Waals surface area contributed by atoms with Gasteiger partial charge in [0.2, 0.25) is 11.7 Å². The highest BCUT2D eigenvalue weighted by Crippen LogP contribution is 2.41. The fourth-order valence-corrected chi connectivity index (χ4v) is 5.11. The summed E-state index contributed by atoms with van der Waals surface area (Å²) < 4.78 is 103. The summed E-state index contributed by atoms with van der Waals surface area (Å²) >= 11 is 0. The number of carbonyl (C=O) groups is 1. The molecule has 1 aromatic carbocycles. The van der Waals surface area contributed by atoms with Crippen molar-refractivity contribution in [3.8, 4) is 11.4 Å². The fourth-order valence-electron chi connectivity index (χ4n) is 3.88. The van der Waals surface area contributed by atoms with Crippen molar-refractivity contribution in [2.75, 3.05) is 24.6 Å². The molecule has 1 atom stereocenters. The lowest BCUT2D eigenvalue weighted by atomic mass is 9.95. The van der Waals surface area contributed by atoms with Crippen molar-refractivity contribution in [1.82, 2.24) is 19.6 Å². The highest BCUT2D eigenvalue weighted by molar-refractivity contribution is 8.24. The van der Waals surface area contributed by atoms with E-state index in [4.69, 9.17) is 0 Å². The van der Waals surface area contributed by atoms with E-state index in [0.717, 1.165) is 35.0 Å². The van der Waals surface area contributed by atoms with Crippen molar-refractivity contribution in [3.63, 3.8) is 0 Å². The van der Waals surface area contributed by atoms with Gasteiger partial charge in [-0.25, -0.2) is 0 Å². The quantitative estimate of drug-likeness (QED) is 0.442. The summed E-state index contributed by atoms with van der Waals surface area (Å²) in [6.07, 6.45) is -8.42. The summed E-state index contributed by atoms with van der Waals surface area (Å²) in [4.78, 5) is 30.7. The third-order valence-corrected chi connectivity index (χ3v) is 7.58. The summed E-state index contributed by atoms with van der Waals surface area (Å²) in [5.41, 5.74) is -1.90. The highest BCUT2D eigenvalue weighted by atomic mass is 32.3. The lowest BCUT2D eigenvalue weighted by molar-refractivity contribution is -0.159. The van der Waals surface area contributed by atoms with Crippen molar-refractivity contribution in [3.05, 3.63) is 70.0 Å². The van der Waals surface area contributed by atoms with Crippen LogP contribution in [0.15, 0.2) is 51.9 Å². The van der Waals surface area contributed by atoms with Crippen LogP contribution in [-0.4, -0.2) is 59.2 Å². The molecule has 0 bridgehead atoms. The lowest BCUT2D eigenvalue weighted by Gasteiger charge is -2.42. The molecule has 206 valence electrons. The number of hydrogen-bond acceptors (Lipinski definition) is 7. The van der Waals surface area contributed by atoms with E-state index in [1.807, 2.05) is 0 Å². The van der Waals surface area contributed by atoms with Crippen LogP contribution in [0.3, 0.4) is 0 Å². The first-order chi connectivity index (χ1) is 17.6. The minimum absolute atomic E-state index is 0.0223. The van der Waals surface area contributed by atoms with Gasteiger partial charge in [0, 0.05) is 37.5 Å². The molecule has 16 heteroatoms. The topological polar surface area (TPSA) is 122 Å². The molecule has 0 radical (unpaired) electrons. The minimum atomic E-state index is -4.89.